The van der Waals surface area contributed by atoms with Crippen LogP contribution in [0.2, 0.25) is 0 Å². The molecular formula is C15H20N2O3S. The average Bonchev–Trinajstić information content (AvgIpc) is 2.47. The Balaban J connectivity index is 2.51. The molecule has 1 amide bonds. The normalized spacial score (nSPS) is 9.81. The highest BCUT2D eigenvalue weighted by Gasteiger charge is 2.07. The van der Waals surface area contributed by atoms with Gasteiger partial charge in [-0.05, 0) is 42.9 Å². The lowest BCUT2D eigenvalue weighted by molar-refractivity contribution is -0.119. The van der Waals surface area contributed by atoms with Crippen molar-refractivity contribution in [2.75, 3.05) is 11.9 Å². The molecule has 0 fully saturated rings. The van der Waals surface area contributed by atoms with Gasteiger partial charge in [-0.3, -0.25) is 4.79 Å². The molecule has 0 bridgehead atoms. The first-order chi connectivity index (χ1) is 10.1. The molecule has 0 unspecified atom stereocenters. The monoisotopic (exact) mass is 308 g/mol. The summed E-state index contributed by atoms with van der Waals surface area (Å²) in [6.45, 7) is 4.22. The molecule has 21 heavy (non-hydrogen) atoms. The summed E-state index contributed by atoms with van der Waals surface area (Å²) in [6, 6.07) is 6.73. The van der Waals surface area contributed by atoms with Crippen LogP contribution in [0.25, 0.3) is 0 Å². The van der Waals surface area contributed by atoms with Gasteiger partial charge in [0, 0.05) is 12.1 Å². The van der Waals surface area contributed by atoms with Crippen LogP contribution in [0.1, 0.15) is 43.5 Å². The minimum Gasteiger partial charge on any atom is -0.462 e. The van der Waals surface area contributed by atoms with E-state index in [4.69, 9.17) is 17.0 Å². The van der Waals surface area contributed by atoms with E-state index in [1.807, 2.05) is 6.92 Å². The second-order valence-electron chi connectivity index (χ2n) is 4.42. The van der Waals surface area contributed by atoms with E-state index in [2.05, 4.69) is 10.6 Å². The lowest BCUT2D eigenvalue weighted by Crippen LogP contribution is -2.33. The molecule has 0 radical (unpaired) electrons. The van der Waals surface area contributed by atoms with Crippen molar-refractivity contribution < 1.29 is 14.3 Å². The van der Waals surface area contributed by atoms with Crippen molar-refractivity contribution in [2.45, 2.75) is 33.1 Å². The van der Waals surface area contributed by atoms with Crippen molar-refractivity contribution in [1.82, 2.24) is 5.32 Å². The van der Waals surface area contributed by atoms with Crippen molar-refractivity contribution in [3.63, 3.8) is 0 Å². The number of benzene rings is 1. The zero-order valence-electron chi connectivity index (χ0n) is 12.3. The van der Waals surface area contributed by atoms with Crippen molar-refractivity contribution >= 4 is 34.9 Å². The van der Waals surface area contributed by atoms with Crippen molar-refractivity contribution in [2.24, 2.45) is 0 Å². The molecule has 0 aromatic heterocycles. The van der Waals surface area contributed by atoms with E-state index in [1.54, 1.807) is 31.2 Å². The van der Waals surface area contributed by atoms with Gasteiger partial charge in [-0.15, -0.1) is 0 Å². The zero-order chi connectivity index (χ0) is 15.7. The molecule has 1 aromatic carbocycles. The maximum absolute atomic E-state index is 11.7. The summed E-state index contributed by atoms with van der Waals surface area (Å²) >= 11 is 5.00. The first-order valence-electron chi connectivity index (χ1n) is 6.94. The standard InChI is InChI=1S/C15H20N2O3S/c1-3-5-10-20-14(19)11-6-8-12(9-7-11)16-15(21)17-13(18)4-2/h6-9H,3-5,10H2,1-2H3,(H2,16,17,18,21). The number of thiocarbonyl (C=S) groups is 1. The summed E-state index contributed by atoms with van der Waals surface area (Å²) in [5.41, 5.74) is 1.18. The maximum atomic E-state index is 11.7. The number of amides is 1. The number of hydrogen-bond donors (Lipinski definition) is 2. The lowest BCUT2D eigenvalue weighted by atomic mass is 10.2. The van der Waals surface area contributed by atoms with Crippen LogP contribution in [-0.2, 0) is 9.53 Å². The highest BCUT2D eigenvalue weighted by atomic mass is 32.1. The van der Waals surface area contributed by atoms with E-state index in [-0.39, 0.29) is 17.0 Å². The molecule has 114 valence electrons. The molecule has 1 rings (SSSR count). The second-order valence-corrected chi connectivity index (χ2v) is 4.83. The Kier molecular flexibility index (Phi) is 7.39. The van der Waals surface area contributed by atoms with Gasteiger partial charge in [0.05, 0.1) is 12.2 Å². The molecule has 0 atom stereocenters. The quantitative estimate of drug-likeness (QED) is 0.480. The highest BCUT2D eigenvalue weighted by molar-refractivity contribution is 7.80. The van der Waals surface area contributed by atoms with Crippen LogP contribution in [-0.4, -0.2) is 23.6 Å². The van der Waals surface area contributed by atoms with Gasteiger partial charge in [0.1, 0.15) is 0 Å². The summed E-state index contributed by atoms with van der Waals surface area (Å²) < 4.78 is 5.11. The van der Waals surface area contributed by atoms with E-state index < -0.39 is 0 Å². The Bertz CT molecular complexity index is 500. The number of carbonyl (C=O) groups excluding carboxylic acids is 2. The molecule has 6 heteroatoms. The molecule has 1 aromatic rings. The van der Waals surface area contributed by atoms with E-state index >= 15 is 0 Å². The Morgan fingerprint density at radius 1 is 1.19 bits per heavy atom. The van der Waals surface area contributed by atoms with Crippen LogP contribution >= 0.6 is 12.2 Å². The van der Waals surface area contributed by atoms with Gasteiger partial charge in [-0.1, -0.05) is 20.3 Å². The van der Waals surface area contributed by atoms with Gasteiger partial charge in [0.2, 0.25) is 5.91 Å². The van der Waals surface area contributed by atoms with Gasteiger partial charge in [-0.25, -0.2) is 4.79 Å². The summed E-state index contributed by atoms with van der Waals surface area (Å²) in [4.78, 5) is 22.9. The topological polar surface area (TPSA) is 67.4 Å². The van der Waals surface area contributed by atoms with Crippen LogP contribution < -0.4 is 10.6 Å². The third-order valence-electron chi connectivity index (χ3n) is 2.68. The van der Waals surface area contributed by atoms with Crippen molar-refractivity contribution in [3.8, 4) is 0 Å². The summed E-state index contributed by atoms with van der Waals surface area (Å²) in [5, 5.41) is 5.65. The SMILES string of the molecule is CCCCOC(=O)c1ccc(NC(=S)NC(=O)CC)cc1. The lowest BCUT2D eigenvalue weighted by Gasteiger charge is -2.09. The number of unbranched alkanes of at least 4 members (excludes halogenated alkanes) is 1. The van der Waals surface area contributed by atoms with Crippen LogP contribution in [0.3, 0.4) is 0 Å². The van der Waals surface area contributed by atoms with Crippen LogP contribution in [0.15, 0.2) is 24.3 Å². The first kappa shape index (κ1) is 17.1. The number of hydrogen-bond acceptors (Lipinski definition) is 4. The van der Waals surface area contributed by atoms with E-state index in [9.17, 15) is 9.59 Å². The number of esters is 1. The molecule has 0 heterocycles. The minimum atomic E-state index is -0.336. The number of ether oxygens (including phenoxy) is 1. The van der Waals surface area contributed by atoms with Crippen LogP contribution in [0.5, 0.6) is 0 Å². The minimum absolute atomic E-state index is 0.149. The Morgan fingerprint density at radius 2 is 1.86 bits per heavy atom. The Morgan fingerprint density at radius 3 is 2.43 bits per heavy atom. The summed E-state index contributed by atoms with van der Waals surface area (Å²) in [7, 11) is 0. The fraction of sp³-hybridized carbons (Fsp3) is 0.400. The Hall–Kier alpha value is -1.95. The van der Waals surface area contributed by atoms with Crippen molar-refractivity contribution in [1.29, 1.82) is 0 Å². The van der Waals surface area contributed by atoms with Crippen molar-refractivity contribution in [3.05, 3.63) is 29.8 Å². The molecule has 0 spiro atoms. The number of nitrogens with one attached hydrogen (secondary N) is 2. The van der Waals surface area contributed by atoms with Gasteiger partial charge < -0.3 is 15.4 Å². The van der Waals surface area contributed by atoms with Crippen LogP contribution in [0, 0.1) is 0 Å². The summed E-state index contributed by atoms with van der Waals surface area (Å²) in [5.74, 6) is -0.486. The molecule has 0 saturated heterocycles. The highest BCUT2D eigenvalue weighted by Crippen LogP contribution is 2.10. The van der Waals surface area contributed by atoms with Gasteiger partial charge >= 0.3 is 5.97 Å². The van der Waals surface area contributed by atoms with Gasteiger partial charge in [0.15, 0.2) is 5.11 Å². The predicted octanol–water partition coefficient (Wildman–Crippen LogP) is 2.87. The van der Waals surface area contributed by atoms with E-state index in [1.165, 1.54) is 0 Å². The molecule has 0 saturated carbocycles. The van der Waals surface area contributed by atoms with Crippen LogP contribution in [0.4, 0.5) is 5.69 Å². The molecular weight excluding hydrogens is 288 g/mol. The summed E-state index contributed by atoms with van der Waals surface area (Å²) in [6.07, 6.45) is 2.21. The smallest absolute Gasteiger partial charge is 0.338 e. The van der Waals surface area contributed by atoms with E-state index in [0.29, 0.717) is 24.3 Å². The largest absolute Gasteiger partial charge is 0.462 e. The third-order valence-corrected chi connectivity index (χ3v) is 2.89. The molecule has 0 aliphatic carbocycles. The number of carbonyl (C=O) groups is 2. The second kappa shape index (κ2) is 9.07. The molecule has 0 aliphatic heterocycles. The predicted molar refractivity (Wildman–Crippen MR) is 86.3 cm³/mol. The van der Waals surface area contributed by atoms with Gasteiger partial charge in [-0.2, -0.15) is 0 Å². The fourth-order valence-corrected chi connectivity index (χ4v) is 1.69. The molecule has 0 aliphatic rings. The number of rotatable bonds is 6. The fourth-order valence-electron chi connectivity index (χ4n) is 1.46. The zero-order valence-corrected chi connectivity index (χ0v) is 13.1. The maximum Gasteiger partial charge on any atom is 0.338 e. The van der Waals surface area contributed by atoms with E-state index in [0.717, 1.165) is 12.8 Å². The van der Waals surface area contributed by atoms with Gasteiger partial charge in [0.25, 0.3) is 0 Å². The molecule has 5 nitrogen and oxygen atoms in total. The third kappa shape index (κ3) is 6.35. The average molecular weight is 308 g/mol. The first-order valence-corrected chi connectivity index (χ1v) is 7.35. The molecule has 2 N–H and O–H groups in total. The number of anilines is 1. The Labute approximate surface area is 130 Å².